The van der Waals surface area contributed by atoms with Gasteiger partial charge in [0.15, 0.2) is 0 Å². The lowest BCUT2D eigenvalue weighted by Gasteiger charge is -2.30. The van der Waals surface area contributed by atoms with Gasteiger partial charge >= 0.3 is 0 Å². The first-order valence-electron chi connectivity index (χ1n) is 4.58. The van der Waals surface area contributed by atoms with Crippen molar-refractivity contribution in [1.29, 1.82) is 0 Å². The van der Waals surface area contributed by atoms with E-state index in [1.165, 1.54) is 0 Å². The second kappa shape index (κ2) is 3.13. The Bertz CT molecular complexity index is 241. The van der Waals surface area contributed by atoms with Crippen molar-refractivity contribution in [1.82, 2.24) is 0 Å². The number of hydrogen-bond donors (Lipinski definition) is 0. The van der Waals surface area contributed by atoms with E-state index in [2.05, 4.69) is 0 Å². The van der Waals surface area contributed by atoms with Crippen LogP contribution in [0.5, 0.6) is 0 Å². The minimum atomic E-state index is -1.06. The predicted molar refractivity (Wildman–Crippen MR) is 45.7 cm³/mol. The van der Waals surface area contributed by atoms with Gasteiger partial charge in [0.1, 0.15) is 5.78 Å². The number of hydrogen-bond acceptors (Lipinski definition) is 3. The minimum absolute atomic E-state index is 0.00306. The summed E-state index contributed by atoms with van der Waals surface area (Å²) in [5.74, 6) is -0.965. The van der Waals surface area contributed by atoms with E-state index in [0.717, 1.165) is 0 Å². The fraction of sp³-hybridized carbons (Fsp3) is 0.800. The van der Waals surface area contributed by atoms with Crippen LogP contribution in [-0.4, -0.2) is 11.8 Å². The summed E-state index contributed by atoms with van der Waals surface area (Å²) in [7, 11) is 0. The van der Waals surface area contributed by atoms with Crippen LogP contribution in [0.4, 0.5) is 0 Å². The highest BCUT2D eigenvalue weighted by Gasteiger charge is 2.45. The van der Waals surface area contributed by atoms with Gasteiger partial charge in [0.2, 0.25) is 0 Å². The quantitative estimate of drug-likeness (QED) is 0.621. The number of ketones is 1. The first-order chi connectivity index (χ1) is 5.85. The number of carbonyl (C=O) groups excluding carboxylic acids is 2. The smallest absolute Gasteiger partial charge is 0.136 e. The largest absolute Gasteiger partial charge is 0.550 e. The lowest BCUT2D eigenvalue weighted by Crippen LogP contribution is -2.31. The van der Waals surface area contributed by atoms with E-state index in [1.807, 2.05) is 20.8 Å². The van der Waals surface area contributed by atoms with Crippen molar-refractivity contribution in [2.24, 2.45) is 17.3 Å². The van der Waals surface area contributed by atoms with Crippen molar-refractivity contribution in [3.05, 3.63) is 0 Å². The summed E-state index contributed by atoms with van der Waals surface area (Å²) >= 11 is 0. The Labute approximate surface area is 78.1 Å². The molecule has 1 aliphatic rings. The first-order valence-corrected chi connectivity index (χ1v) is 4.58. The Kier molecular flexibility index (Phi) is 2.46. The van der Waals surface area contributed by atoms with Crippen LogP contribution in [0, 0.1) is 17.3 Å². The fourth-order valence-electron chi connectivity index (χ4n) is 1.99. The fourth-order valence-corrected chi connectivity index (χ4v) is 1.99. The molecular formula is C10H15O3-. The van der Waals surface area contributed by atoms with Crippen LogP contribution in [0.2, 0.25) is 0 Å². The zero-order chi connectivity index (χ0) is 10.2. The van der Waals surface area contributed by atoms with Crippen LogP contribution in [0.1, 0.15) is 33.6 Å². The molecule has 0 aliphatic heterocycles. The van der Waals surface area contributed by atoms with Gasteiger partial charge < -0.3 is 9.90 Å². The van der Waals surface area contributed by atoms with Gasteiger partial charge in [-0.2, -0.15) is 0 Å². The molecule has 0 saturated heterocycles. The summed E-state index contributed by atoms with van der Waals surface area (Å²) in [6.45, 7) is 5.78. The van der Waals surface area contributed by atoms with Crippen molar-refractivity contribution in [2.75, 3.05) is 0 Å². The monoisotopic (exact) mass is 183 g/mol. The molecule has 0 N–H and O–H groups in total. The van der Waals surface area contributed by atoms with Crippen molar-refractivity contribution < 1.29 is 14.7 Å². The molecule has 0 heterocycles. The van der Waals surface area contributed by atoms with Crippen LogP contribution in [0.15, 0.2) is 0 Å². The summed E-state index contributed by atoms with van der Waals surface area (Å²) in [4.78, 5) is 21.8. The van der Waals surface area contributed by atoms with Gasteiger partial charge in [-0.3, -0.25) is 4.79 Å². The van der Waals surface area contributed by atoms with E-state index in [0.29, 0.717) is 6.42 Å². The molecule has 1 rings (SSSR count). The van der Waals surface area contributed by atoms with E-state index < -0.39 is 5.97 Å². The predicted octanol–water partition coefficient (Wildman–Crippen LogP) is 0.378. The number of Topliss-reactive ketones (excluding diaryl/α,β-unsaturated/α-hetero) is 1. The molecule has 0 aromatic carbocycles. The maximum Gasteiger partial charge on any atom is 0.136 e. The highest BCUT2D eigenvalue weighted by Crippen LogP contribution is 2.46. The molecule has 3 heteroatoms. The van der Waals surface area contributed by atoms with Crippen molar-refractivity contribution in [2.45, 2.75) is 33.6 Å². The Morgan fingerprint density at radius 2 is 2.15 bits per heavy atom. The lowest BCUT2D eigenvalue weighted by atomic mass is 9.75. The molecule has 0 radical (unpaired) electrons. The van der Waals surface area contributed by atoms with Gasteiger partial charge in [0.05, 0.1) is 0 Å². The molecule has 1 saturated carbocycles. The third kappa shape index (κ3) is 1.74. The van der Waals surface area contributed by atoms with E-state index in [1.54, 1.807) is 0 Å². The summed E-state index contributed by atoms with van der Waals surface area (Å²) in [6, 6.07) is 0. The summed E-state index contributed by atoms with van der Waals surface area (Å²) in [5, 5.41) is 10.4. The molecule has 1 unspecified atom stereocenters. The average Bonchev–Trinajstić information content (AvgIpc) is 2.15. The van der Waals surface area contributed by atoms with Crippen LogP contribution < -0.4 is 5.11 Å². The first kappa shape index (κ1) is 10.2. The highest BCUT2D eigenvalue weighted by atomic mass is 16.4. The van der Waals surface area contributed by atoms with Crippen LogP contribution in [0.25, 0.3) is 0 Å². The molecule has 13 heavy (non-hydrogen) atoms. The molecular weight excluding hydrogens is 168 g/mol. The molecule has 1 fully saturated rings. The standard InChI is InChI=1S/C10H16O3/c1-6-8(11)4-7(5-9(12)13)10(6,2)3/h6-7H,4-5H2,1-3H3,(H,12,13)/p-1/t6?,7-/m0/s1. The Morgan fingerprint density at radius 3 is 2.46 bits per heavy atom. The average molecular weight is 183 g/mol. The number of carboxylic acids is 1. The molecule has 1 aliphatic carbocycles. The molecule has 3 nitrogen and oxygen atoms in total. The topological polar surface area (TPSA) is 57.2 Å². The third-order valence-electron chi connectivity index (χ3n) is 3.51. The molecule has 0 bridgehead atoms. The normalized spacial score (nSPS) is 32.1. The molecule has 0 aromatic rings. The SMILES string of the molecule is CC1C(=O)C[C@@H](CC(=O)[O-])C1(C)C. The van der Waals surface area contributed by atoms with Crippen LogP contribution >= 0.6 is 0 Å². The third-order valence-corrected chi connectivity index (χ3v) is 3.51. The molecule has 2 atom stereocenters. The van der Waals surface area contributed by atoms with Gasteiger partial charge in [-0.15, -0.1) is 0 Å². The van der Waals surface area contributed by atoms with Gasteiger partial charge in [0.25, 0.3) is 0 Å². The van der Waals surface area contributed by atoms with Gasteiger partial charge in [-0.05, 0) is 17.8 Å². The van der Waals surface area contributed by atoms with E-state index >= 15 is 0 Å². The molecule has 74 valence electrons. The van der Waals surface area contributed by atoms with Crippen molar-refractivity contribution >= 4 is 11.8 Å². The maximum atomic E-state index is 11.4. The molecule has 0 amide bonds. The maximum absolute atomic E-state index is 11.4. The van der Waals surface area contributed by atoms with Gasteiger partial charge in [0, 0.05) is 18.3 Å². The van der Waals surface area contributed by atoms with E-state index in [4.69, 9.17) is 0 Å². The van der Waals surface area contributed by atoms with Crippen molar-refractivity contribution in [3.63, 3.8) is 0 Å². The minimum Gasteiger partial charge on any atom is -0.550 e. The zero-order valence-corrected chi connectivity index (χ0v) is 8.29. The molecule has 0 spiro atoms. The lowest BCUT2D eigenvalue weighted by molar-refractivity contribution is -0.307. The van der Waals surface area contributed by atoms with E-state index in [9.17, 15) is 14.7 Å². The zero-order valence-electron chi connectivity index (χ0n) is 8.29. The summed E-state index contributed by atoms with van der Waals surface area (Å²) in [5.41, 5.74) is -0.197. The van der Waals surface area contributed by atoms with Gasteiger partial charge in [-0.1, -0.05) is 20.8 Å². The number of carboxylic acid groups (broad SMARTS) is 1. The van der Waals surface area contributed by atoms with Crippen molar-refractivity contribution in [3.8, 4) is 0 Å². The van der Waals surface area contributed by atoms with Gasteiger partial charge in [-0.25, -0.2) is 0 Å². The second-order valence-corrected chi connectivity index (χ2v) is 4.49. The van der Waals surface area contributed by atoms with Crippen LogP contribution in [-0.2, 0) is 9.59 Å². The summed E-state index contributed by atoms with van der Waals surface area (Å²) in [6.07, 6.45) is 0.394. The molecule has 0 aromatic heterocycles. The Hall–Kier alpha value is -0.860. The Balaban J connectivity index is 2.78. The highest BCUT2D eigenvalue weighted by molar-refractivity contribution is 5.85. The Morgan fingerprint density at radius 1 is 1.62 bits per heavy atom. The number of aliphatic carboxylic acids is 1. The summed E-state index contributed by atoms with van der Waals surface area (Å²) < 4.78 is 0. The number of carbonyl (C=O) groups is 2. The second-order valence-electron chi connectivity index (χ2n) is 4.49. The van der Waals surface area contributed by atoms with Crippen LogP contribution in [0.3, 0.4) is 0 Å². The number of rotatable bonds is 2. The van der Waals surface area contributed by atoms with E-state index in [-0.39, 0.29) is 29.5 Å².